The maximum absolute atomic E-state index is 12.0. The SMILES string of the molecule is CC(C)(C)OC(=O)N[C@@H]1c2ccccc2CC[C@H]1N=[N+]=[N-]. The summed E-state index contributed by atoms with van der Waals surface area (Å²) in [4.78, 5) is 14.9. The molecule has 0 bridgehead atoms. The van der Waals surface area contributed by atoms with E-state index in [1.54, 1.807) is 0 Å². The summed E-state index contributed by atoms with van der Waals surface area (Å²) < 4.78 is 5.30. The minimum absolute atomic E-state index is 0.294. The lowest BCUT2D eigenvalue weighted by atomic mass is 9.84. The molecule has 0 heterocycles. The maximum Gasteiger partial charge on any atom is 0.408 e. The monoisotopic (exact) mass is 288 g/mol. The maximum atomic E-state index is 12.0. The average molecular weight is 288 g/mol. The summed E-state index contributed by atoms with van der Waals surface area (Å²) in [6.45, 7) is 5.44. The second-order valence-corrected chi connectivity index (χ2v) is 6.13. The van der Waals surface area contributed by atoms with Gasteiger partial charge in [0.2, 0.25) is 0 Å². The number of nitrogens with zero attached hydrogens (tertiary/aromatic N) is 3. The zero-order valence-electron chi connectivity index (χ0n) is 12.5. The molecule has 21 heavy (non-hydrogen) atoms. The van der Waals surface area contributed by atoms with Gasteiger partial charge in [0.25, 0.3) is 0 Å². The van der Waals surface area contributed by atoms with E-state index < -0.39 is 11.7 Å². The Balaban J connectivity index is 2.24. The fourth-order valence-corrected chi connectivity index (χ4v) is 2.54. The van der Waals surface area contributed by atoms with E-state index in [2.05, 4.69) is 15.3 Å². The van der Waals surface area contributed by atoms with Gasteiger partial charge < -0.3 is 10.1 Å². The first-order chi connectivity index (χ1) is 9.90. The van der Waals surface area contributed by atoms with Gasteiger partial charge in [0.1, 0.15) is 5.60 Å². The van der Waals surface area contributed by atoms with Crippen LogP contribution in [0.3, 0.4) is 0 Å². The van der Waals surface area contributed by atoms with E-state index in [0.717, 1.165) is 12.0 Å². The second-order valence-electron chi connectivity index (χ2n) is 6.13. The zero-order chi connectivity index (χ0) is 15.5. The molecule has 2 rings (SSSR count). The molecule has 1 aliphatic carbocycles. The van der Waals surface area contributed by atoms with Gasteiger partial charge in [-0.15, -0.1) is 0 Å². The molecule has 1 amide bonds. The van der Waals surface area contributed by atoms with Crippen molar-refractivity contribution in [2.24, 2.45) is 5.11 Å². The van der Waals surface area contributed by atoms with E-state index in [4.69, 9.17) is 10.3 Å². The minimum atomic E-state index is -0.563. The summed E-state index contributed by atoms with van der Waals surface area (Å²) in [6, 6.07) is 7.23. The highest BCUT2D eigenvalue weighted by molar-refractivity contribution is 5.68. The Morgan fingerprint density at radius 1 is 1.43 bits per heavy atom. The molecule has 112 valence electrons. The molecule has 0 fully saturated rings. The molecule has 2 atom stereocenters. The number of carbonyl (C=O) groups is 1. The zero-order valence-corrected chi connectivity index (χ0v) is 12.5. The Morgan fingerprint density at radius 2 is 2.14 bits per heavy atom. The van der Waals surface area contributed by atoms with Crippen LogP contribution >= 0.6 is 0 Å². The third-order valence-electron chi connectivity index (χ3n) is 3.36. The quantitative estimate of drug-likeness (QED) is 0.508. The molecular weight excluding hydrogens is 268 g/mol. The van der Waals surface area contributed by atoms with E-state index in [1.807, 2.05) is 45.0 Å². The van der Waals surface area contributed by atoms with Gasteiger partial charge in [0, 0.05) is 4.91 Å². The number of hydrogen-bond donors (Lipinski definition) is 1. The summed E-state index contributed by atoms with van der Waals surface area (Å²) in [7, 11) is 0. The number of rotatable bonds is 2. The minimum Gasteiger partial charge on any atom is -0.444 e. The third kappa shape index (κ3) is 3.89. The predicted octanol–water partition coefficient (Wildman–Crippen LogP) is 3.88. The highest BCUT2D eigenvalue weighted by atomic mass is 16.6. The van der Waals surface area contributed by atoms with Crippen molar-refractivity contribution in [2.45, 2.75) is 51.3 Å². The van der Waals surface area contributed by atoms with Gasteiger partial charge in [0.05, 0.1) is 12.1 Å². The lowest BCUT2D eigenvalue weighted by Crippen LogP contribution is -2.41. The number of azide groups is 1. The second kappa shape index (κ2) is 6.06. The first-order valence-electron chi connectivity index (χ1n) is 7.02. The van der Waals surface area contributed by atoms with Gasteiger partial charge in [-0.1, -0.05) is 29.4 Å². The van der Waals surface area contributed by atoms with Gasteiger partial charge in [-0.05, 0) is 50.3 Å². The number of aryl methyl sites for hydroxylation is 1. The predicted molar refractivity (Wildman–Crippen MR) is 79.8 cm³/mol. The van der Waals surface area contributed by atoms with Crippen LogP contribution in [0, 0.1) is 0 Å². The molecule has 1 N–H and O–H groups in total. The van der Waals surface area contributed by atoms with Crippen molar-refractivity contribution in [3.8, 4) is 0 Å². The van der Waals surface area contributed by atoms with Gasteiger partial charge in [-0.3, -0.25) is 0 Å². The number of hydrogen-bond acceptors (Lipinski definition) is 3. The number of carbonyl (C=O) groups excluding carboxylic acids is 1. The van der Waals surface area contributed by atoms with Crippen molar-refractivity contribution < 1.29 is 9.53 Å². The number of nitrogens with one attached hydrogen (secondary N) is 1. The van der Waals surface area contributed by atoms with Gasteiger partial charge in [0.15, 0.2) is 0 Å². The smallest absolute Gasteiger partial charge is 0.408 e. The fourth-order valence-electron chi connectivity index (χ4n) is 2.54. The van der Waals surface area contributed by atoms with E-state index in [1.165, 1.54) is 5.56 Å². The van der Waals surface area contributed by atoms with Crippen molar-refractivity contribution in [1.29, 1.82) is 0 Å². The van der Waals surface area contributed by atoms with Gasteiger partial charge in [-0.25, -0.2) is 4.79 Å². The van der Waals surface area contributed by atoms with Crippen molar-refractivity contribution >= 4 is 6.09 Å². The number of amides is 1. The average Bonchev–Trinajstić information content (AvgIpc) is 2.39. The van der Waals surface area contributed by atoms with Crippen molar-refractivity contribution in [2.75, 3.05) is 0 Å². The van der Waals surface area contributed by atoms with E-state index in [0.29, 0.717) is 6.42 Å². The van der Waals surface area contributed by atoms with E-state index in [9.17, 15) is 4.79 Å². The Morgan fingerprint density at radius 3 is 2.81 bits per heavy atom. The molecule has 0 unspecified atom stereocenters. The van der Waals surface area contributed by atoms with E-state index in [-0.39, 0.29) is 12.1 Å². The standard InChI is InChI=1S/C15H20N4O2/c1-15(2,3)21-14(20)17-13-11-7-5-4-6-10(11)8-9-12(13)18-19-16/h4-7,12-13H,8-9H2,1-3H3,(H,17,20)/t12-,13-/m1/s1. The number of ether oxygens (including phenoxy) is 1. The molecule has 0 saturated heterocycles. The summed E-state index contributed by atoms with van der Waals surface area (Å²) in [5.41, 5.74) is 10.3. The summed E-state index contributed by atoms with van der Waals surface area (Å²) in [5.74, 6) is 0. The number of fused-ring (bicyclic) bond motifs is 1. The van der Waals surface area contributed by atoms with Crippen LogP contribution in [0.5, 0.6) is 0 Å². The van der Waals surface area contributed by atoms with Gasteiger partial charge >= 0.3 is 6.09 Å². The third-order valence-corrected chi connectivity index (χ3v) is 3.36. The van der Waals surface area contributed by atoms with Crippen LogP contribution in [0.4, 0.5) is 4.79 Å². The largest absolute Gasteiger partial charge is 0.444 e. The Labute approximate surface area is 124 Å². The molecule has 6 nitrogen and oxygen atoms in total. The Hall–Kier alpha value is -2.20. The first kappa shape index (κ1) is 15.2. The number of alkyl carbamates (subject to hydrolysis) is 1. The molecule has 0 radical (unpaired) electrons. The van der Waals surface area contributed by atoms with Crippen LogP contribution in [0.2, 0.25) is 0 Å². The summed E-state index contributed by atoms with van der Waals surface area (Å²) in [5, 5.41) is 6.66. The molecule has 1 aromatic rings. The van der Waals surface area contributed by atoms with Crippen LogP contribution in [-0.2, 0) is 11.2 Å². The highest BCUT2D eigenvalue weighted by Gasteiger charge is 2.31. The van der Waals surface area contributed by atoms with Crippen LogP contribution in [0.15, 0.2) is 29.4 Å². The molecule has 0 spiro atoms. The molecule has 0 aromatic heterocycles. The lowest BCUT2D eigenvalue weighted by Gasteiger charge is -2.32. The normalized spacial score (nSPS) is 20.9. The van der Waals surface area contributed by atoms with Crippen LogP contribution < -0.4 is 5.32 Å². The Kier molecular flexibility index (Phi) is 4.38. The number of benzene rings is 1. The van der Waals surface area contributed by atoms with Crippen molar-refractivity contribution in [3.63, 3.8) is 0 Å². The molecule has 1 aliphatic rings. The van der Waals surface area contributed by atoms with Gasteiger partial charge in [-0.2, -0.15) is 0 Å². The van der Waals surface area contributed by atoms with Crippen molar-refractivity contribution in [1.82, 2.24) is 5.32 Å². The summed E-state index contributed by atoms with van der Waals surface area (Å²) >= 11 is 0. The summed E-state index contributed by atoms with van der Waals surface area (Å²) in [6.07, 6.45) is 1.05. The Bertz CT molecular complexity index is 573. The molecule has 0 aliphatic heterocycles. The molecule has 6 heteroatoms. The molecular formula is C15H20N4O2. The lowest BCUT2D eigenvalue weighted by molar-refractivity contribution is 0.0492. The first-order valence-corrected chi connectivity index (χ1v) is 7.02. The van der Waals surface area contributed by atoms with Crippen LogP contribution in [-0.4, -0.2) is 17.7 Å². The van der Waals surface area contributed by atoms with Crippen molar-refractivity contribution in [3.05, 3.63) is 45.8 Å². The molecule has 0 saturated carbocycles. The fraction of sp³-hybridized carbons (Fsp3) is 0.533. The van der Waals surface area contributed by atoms with Crippen LogP contribution in [0.1, 0.15) is 44.4 Å². The molecule has 1 aromatic carbocycles. The topological polar surface area (TPSA) is 87.1 Å². The van der Waals surface area contributed by atoms with Crippen LogP contribution in [0.25, 0.3) is 10.4 Å². The highest BCUT2D eigenvalue weighted by Crippen LogP contribution is 2.32. The van der Waals surface area contributed by atoms with E-state index >= 15 is 0 Å².